The van der Waals surface area contributed by atoms with Gasteiger partial charge in [0.25, 0.3) is 0 Å². The van der Waals surface area contributed by atoms with E-state index in [9.17, 15) is 49.2 Å². The Kier molecular flexibility index (Phi) is 5.11. The van der Waals surface area contributed by atoms with Crippen molar-refractivity contribution in [3.8, 4) is 5.75 Å². The molecule has 0 bridgehead atoms. The molecular weight excluding hydrogens is 374 g/mol. The highest BCUT2D eigenvalue weighted by molar-refractivity contribution is 7.85. The van der Waals surface area contributed by atoms with Crippen molar-refractivity contribution in [3.05, 3.63) is 29.8 Å². The van der Waals surface area contributed by atoms with Crippen LogP contribution < -0.4 is 0 Å². The number of ether oxygens (including phenoxy) is 1. The number of para-hydroxylation sites is 1. The van der Waals surface area contributed by atoms with Crippen LogP contribution in [0.25, 0.3) is 0 Å². The van der Waals surface area contributed by atoms with Crippen LogP contribution in [0.2, 0.25) is 0 Å². The average molecular weight is 381 g/mol. The fourth-order valence-electron chi connectivity index (χ4n) is 1.58. The van der Waals surface area contributed by atoms with Crippen molar-refractivity contribution in [2.45, 2.75) is 18.0 Å². The number of hydrogen-bond donors (Lipinski definition) is 1. The molecule has 1 aromatic carbocycles. The molecule has 0 atom stereocenters. The van der Waals surface area contributed by atoms with Crippen LogP contribution in [0.4, 0.5) is 26.3 Å². The predicted molar refractivity (Wildman–Crippen MR) is 62.9 cm³/mol. The minimum atomic E-state index is -6.47. The molecule has 13 heteroatoms. The van der Waals surface area contributed by atoms with Gasteiger partial charge in [0.15, 0.2) is 0 Å². The second-order valence-corrected chi connectivity index (χ2v) is 5.84. The standard InChI is InChI=1S/C11H8F6O6S/c12-10(13,14)9(11(15,16)17,5-24(20,21)22)23-8(19)6-3-1-2-4-7(6)18/h1-4,18H,5H2,(H,20,21,22)/p-1. The molecule has 0 unspecified atom stereocenters. The first-order valence-corrected chi connectivity index (χ1v) is 7.27. The molecule has 1 rings (SSSR count). The van der Waals surface area contributed by atoms with Crippen molar-refractivity contribution in [2.75, 3.05) is 5.75 Å². The first-order chi connectivity index (χ1) is 10.6. The second kappa shape index (κ2) is 6.12. The second-order valence-electron chi connectivity index (χ2n) is 4.43. The summed E-state index contributed by atoms with van der Waals surface area (Å²) < 4.78 is 112. The Balaban J connectivity index is 3.48. The van der Waals surface area contributed by atoms with Crippen molar-refractivity contribution in [2.24, 2.45) is 0 Å². The molecule has 1 N–H and O–H groups in total. The van der Waals surface area contributed by atoms with Crippen molar-refractivity contribution in [1.82, 2.24) is 0 Å². The molecule has 0 radical (unpaired) electrons. The third kappa shape index (κ3) is 4.08. The zero-order valence-corrected chi connectivity index (χ0v) is 12.0. The lowest BCUT2D eigenvalue weighted by atomic mass is 10.1. The molecule has 0 saturated heterocycles. The Hall–Kier alpha value is -2.02. The number of carbonyl (C=O) groups is 1. The summed E-state index contributed by atoms with van der Waals surface area (Å²) in [6, 6.07) is 3.50. The van der Waals surface area contributed by atoms with E-state index in [-0.39, 0.29) is 0 Å². The maximum Gasteiger partial charge on any atom is 0.438 e. The molecule has 6 nitrogen and oxygen atoms in total. The number of benzene rings is 1. The molecule has 0 spiro atoms. The summed E-state index contributed by atoms with van der Waals surface area (Å²) in [6.07, 6.45) is -12.9. The summed E-state index contributed by atoms with van der Waals surface area (Å²) in [6.45, 7) is 0. The van der Waals surface area contributed by atoms with E-state index >= 15 is 0 Å². The van der Waals surface area contributed by atoms with E-state index in [1.54, 1.807) is 0 Å². The molecule has 0 amide bonds. The molecule has 1 aromatic rings. The lowest BCUT2D eigenvalue weighted by molar-refractivity contribution is -0.356. The highest BCUT2D eigenvalue weighted by atomic mass is 32.2. The Morgan fingerprint density at radius 2 is 1.54 bits per heavy atom. The third-order valence-electron chi connectivity index (χ3n) is 2.69. The summed E-state index contributed by atoms with van der Waals surface area (Å²) in [4.78, 5) is 11.6. The zero-order chi connectivity index (χ0) is 19.0. The van der Waals surface area contributed by atoms with Gasteiger partial charge >= 0.3 is 23.9 Å². The number of phenols is 1. The number of rotatable bonds is 4. The van der Waals surface area contributed by atoms with Crippen molar-refractivity contribution in [1.29, 1.82) is 0 Å². The van der Waals surface area contributed by atoms with Crippen LogP contribution in [0.15, 0.2) is 24.3 Å². The Bertz CT molecular complexity index is 709. The molecule has 0 heterocycles. The minimum Gasteiger partial charge on any atom is -0.748 e. The minimum absolute atomic E-state index is 0.640. The largest absolute Gasteiger partial charge is 0.748 e. The molecule has 136 valence electrons. The van der Waals surface area contributed by atoms with Crippen LogP contribution in [0.1, 0.15) is 10.4 Å². The molecule has 24 heavy (non-hydrogen) atoms. The molecule has 0 aliphatic carbocycles. The van der Waals surface area contributed by atoms with Gasteiger partial charge < -0.3 is 14.4 Å². The first kappa shape index (κ1) is 20.0. The van der Waals surface area contributed by atoms with Gasteiger partial charge in [-0.25, -0.2) is 13.2 Å². The third-order valence-corrected chi connectivity index (χ3v) is 3.45. The highest BCUT2D eigenvalue weighted by Gasteiger charge is 2.75. The van der Waals surface area contributed by atoms with Crippen molar-refractivity contribution < 1.29 is 54.0 Å². The van der Waals surface area contributed by atoms with Gasteiger partial charge in [-0.15, -0.1) is 0 Å². The number of esters is 1. The van der Waals surface area contributed by atoms with Gasteiger partial charge in [0.05, 0.1) is 15.9 Å². The van der Waals surface area contributed by atoms with E-state index in [2.05, 4.69) is 4.74 Å². The zero-order valence-electron chi connectivity index (χ0n) is 11.2. The summed E-state index contributed by atoms with van der Waals surface area (Å²) in [5.41, 5.74) is -6.67. The summed E-state index contributed by atoms with van der Waals surface area (Å²) in [7, 11) is -6.12. The lowest BCUT2D eigenvalue weighted by Crippen LogP contribution is -2.63. The summed E-state index contributed by atoms with van der Waals surface area (Å²) >= 11 is 0. The number of hydrogen-bond acceptors (Lipinski definition) is 6. The number of halogens is 6. The SMILES string of the molecule is O=C(OC(CS(=O)(=O)[O-])(C(F)(F)F)C(F)(F)F)c1ccccc1O. The maximum atomic E-state index is 12.9. The van der Waals surface area contributed by atoms with Crippen LogP contribution in [-0.2, 0) is 14.9 Å². The van der Waals surface area contributed by atoms with Crippen LogP contribution in [0.3, 0.4) is 0 Å². The van der Waals surface area contributed by atoms with Crippen molar-refractivity contribution >= 4 is 16.1 Å². The van der Waals surface area contributed by atoms with E-state index in [0.29, 0.717) is 6.07 Å². The number of phenolic OH excluding ortho intramolecular Hbond substituents is 1. The quantitative estimate of drug-likeness (QED) is 0.486. The van der Waals surface area contributed by atoms with Crippen LogP contribution in [0.5, 0.6) is 5.75 Å². The molecule has 0 aliphatic rings. The van der Waals surface area contributed by atoms with E-state index in [4.69, 9.17) is 0 Å². The molecule has 0 aromatic heterocycles. The van der Waals surface area contributed by atoms with E-state index in [1.165, 1.54) is 0 Å². The maximum absolute atomic E-state index is 12.9. The van der Waals surface area contributed by atoms with Crippen LogP contribution in [0, 0.1) is 0 Å². The molecule has 0 saturated carbocycles. The average Bonchev–Trinajstić information content (AvgIpc) is 2.33. The number of alkyl halides is 6. The molecular formula is C11H7F6O6S-. The van der Waals surface area contributed by atoms with Gasteiger partial charge in [0.2, 0.25) is 0 Å². The smallest absolute Gasteiger partial charge is 0.438 e. The monoisotopic (exact) mass is 381 g/mol. The van der Waals surface area contributed by atoms with Gasteiger partial charge in [-0.2, -0.15) is 26.3 Å². The number of aromatic hydroxyl groups is 1. The normalized spacial score (nSPS) is 13.6. The van der Waals surface area contributed by atoms with Gasteiger partial charge in [-0.3, -0.25) is 0 Å². The molecule has 0 fully saturated rings. The van der Waals surface area contributed by atoms with Crippen molar-refractivity contribution in [3.63, 3.8) is 0 Å². The lowest BCUT2D eigenvalue weighted by Gasteiger charge is -2.36. The molecule has 0 aliphatic heterocycles. The van der Waals surface area contributed by atoms with Gasteiger partial charge in [-0.1, -0.05) is 12.1 Å². The predicted octanol–water partition coefficient (Wildman–Crippen LogP) is 1.96. The van der Waals surface area contributed by atoms with Crippen LogP contribution in [-0.4, -0.2) is 47.8 Å². The Morgan fingerprint density at radius 3 is 1.92 bits per heavy atom. The fraction of sp³-hybridized carbons (Fsp3) is 0.364. The Morgan fingerprint density at radius 1 is 1.08 bits per heavy atom. The highest BCUT2D eigenvalue weighted by Crippen LogP contribution is 2.47. The van der Waals surface area contributed by atoms with E-state index in [1.807, 2.05) is 0 Å². The van der Waals surface area contributed by atoms with Gasteiger partial charge in [0.1, 0.15) is 11.3 Å². The van der Waals surface area contributed by atoms with E-state index < -0.39 is 51.1 Å². The fourth-order valence-corrected chi connectivity index (χ4v) is 2.46. The topological polar surface area (TPSA) is 104 Å². The Labute approximate surface area is 130 Å². The summed E-state index contributed by atoms with van der Waals surface area (Å²) in [5.74, 6) is -6.43. The van der Waals surface area contributed by atoms with E-state index in [0.717, 1.165) is 18.2 Å². The number of carbonyl (C=O) groups excluding carboxylic acids is 1. The van der Waals surface area contributed by atoms with Crippen LogP contribution >= 0.6 is 0 Å². The first-order valence-electron chi connectivity index (χ1n) is 5.69. The van der Waals surface area contributed by atoms with Gasteiger partial charge in [-0.05, 0) is 12.1 Å². The van der Waals surface area contributed by atoms with Gasteiger partial charge in [0, 0.05) is 0 Å². The summed E-state index contributed by atoms with van der Waals surface area (Å²) in [5, 5.41) is 9.27.